The van der Waals surface area contributed by atoms with Gasteiger partial charge in [0.25, 0.3) is 0 Å². The van der Waals surface area contributed by atoms with Crippen LogP contribution in [0.4, 0.5) is 0 Å². The monoisotopic (exact) mass is 371 g/mol. The number of nitrogens with two attached hydrogens (primary N) is 1. The summed E-state index contributed by atoms with van der Waals surface area (Å²) in [6.07, 6.45) is 11.8. The summed E-state index contributed by atoms with van der Waals surface area (Å²) in [5.74, 6) is -0.155. The van der Waals surface area contributed by atoms with Gasteiger partial charge in [-0.05, 0) is 45.3 Å². The molecule has 0 aliphatic rings. The zero-order chi connectivity index (χ0) is 19.3. The van der Waals surface area contributed by atoms with Crippen molar-refractivity contribution >= 4 is 11.8 Å². The first-order valence-corrected chi connectivity index (χ1v) is 10.4. The van der Waals surface area contributed by atoms with Gasteiger partial charge in [0.05, 0.1) is 6.54 Å². The summed E-state index contributed by atoms with van der Waals surface area (Å²) in [6, 6.07) is 0. The lowest BCUT2D eigenvalue weighted by molar-refractivity contribution is -0.123. The molecule has 26 heavy (non-hydrogen) atoms. The number of carbonyl (C=O) groups is 2. The van der Waals surface area contributed by atoms with Crippen molar-refractivity contribution in [3.05, 3.63) is 0 Å². The summed E-state index contributed by atoms with van der Waals surface area (Å²) < 4.78 is 0. The molecule has 7 nitrogen and oxygen atoms in total. The van der Waals surface area contributed by atoms with Crippen LogP contribution in [0.3, 0.4) is 0 Å². The highest BCUT2D eigenvalue weighted by Crippen LogP contribution is 2.07. The van der Waals surface area contributed by atoms with E-state index in [0.717, 1.165) is 51.7 Å². The molecule has 0 aromatic carbocycles. The maximum absolute atomic E-state index is 11.6. The lowest BCUT2D eigenvalue weighted by Gasteiger charge is -2.09. The lowest BCUT2D eigenvalue weighted by atomic mass is 10.1. The molecule has 0 atom stereocenters. The van der Waals surface area contributed by atoms with Crippen LogP contribution in [0.1, 0.15) is 77.6 Å². The summed E-state index contributed by atoms with van der Waals surface area (Å²) in [5.41, 5.74) is 10.7. The molecular weight excluding hydrogens is 330 g/mol. The number of amides is 2. The Bertz CT molecular complexity index is 340. The molecule has 0 aromatic rings. The van der Waals surface area contributed by atoms with Gasteiger partial charge >= 0.3 is 0 Å². The molecular formula is C19H41N5O2. The fraction of sp³-hybridized carbons (Fsp3) is 0.895. The van der Waals surface area contributed by atoms with Gasteiger partial charge in [0.2, 0.25) is 11.8 Å². The van der Waals surface area contributed by atoms with E-state index in [4.69, 9.17) is 5.73 Å². The van der Waals surface area contributed by atoms with Gasteiger partial charge in [0.1, 0.15) is 0 Å². The Balaban J connectivity index is 3.32. The SMILES string of the molecule is CCCCCCCCCC(=O)NNCC(=O)NCCCNCCCCN. The lowest BCUT2D eigenvalue weighted by Crippen LogP contribution is -2.44. The zero-order valence-electron chi connectivity index (χ0n) is 16.7. The number of hydrogen-bond acceptors (Lipinski definition) is 5. The van der Waals surface area contributed by atoms with Crippen LogP contribution in [0.2, 0.25) is 0 Å². The average molecular weight is 372 g/mol. The Morgan fingerprint density at radius 2 is 1.46 bits per heavy atom. The maximum atomic E-state index is 11.6. The highest BCUT2D eigenvalue weighted by atomic mass is 16.2. The Kier molecular flexibility index (Phi) is 19.2. The fourth-order valence-electron chi connectivity index (χ4n) is 2.55. The van der Waals surface area contributed by atoms with Crippen LogP contribution in [-0.2, 0) is 9.59 Å². The first-order valence-electron chi connectivity index (χ1n) is 10.4. The molecule has 0 unspecified atom stereocenters. The van der Waals surface area contributed by atoms with Crippen LogP contribution in [0, 0.1) is 0 Å². The minimum atomic E-state index is -0.107. The van der Waals surface area contributed by atoms with Gasteiger partial charge in [-0.3, -0.25) is 15.0 Å². The molecule has 154 valence electrons. The van der Waals surface area contributed by atoms with Crippen molar-refractivity contribution in [1.82, 2.24) is 21.5 Å². The van der Waals surface area contributed by atoms with Crippen molar-refractivity contribution in [2.75, 3.05) is 32.7 Å². The summed E-state index contributed by atoms with van der Waals surface area (Å²) >= 11 is 0. The van der Waals surface area contributed by atoms with Crippen LogP contribution >= 0.6 is 0 Å². The van der Waals surface area contributed by atoms with Gasteiger partial charge in [0.15, 0.2) is 0 Å². The second-order valence-corrected chi connectivity index (χ2v) is 6.72. The van der Waals surface area contributed by atoms with Crippen molar-refractivity contribution in [2.45, 2.75) is 77.6 Å². The smallest absolute Gasteiger partial charge is 0.235 e. The molecule has 0 saturated heterocycles. The number of hydrazine groups is 1. The van der Waals surface area contributed by atoms with Gasteiger partial charge in [-0.15, -0.1) is 0 Å². The van der Waals surface area contributed by atoms with E-state index < -0.39 is 0 Å². The third-order valence-electron chi connectivity index (χ3n) is 4.14. The van der Waals surface area contributed by atoms with Crippen LogP contribution in [-0.4, -0.2) is 44.5 Å². The maximum Gasteiger partial charge on any atom is 0.235 e. The van der Waals surface area contributed by atoms with E-state index in [2.05, 4.69) is 28.4 Å². The molecule has 0 saturated carbocycles. The Labute approximate surface area is 159 Å². The van der Waals surface area contributed by atoms with Gasteiger partial charge < -0.3 is 16.4 Å². The second-order valence-electron chi connectivity index (χ2n) is 6.72. The van der Waals surface area contributed by atoms with E-state index in [-0.39, 0.29) is 18.4 Å². The van der Waals surface area contributed by atoms with E-state index in [1.54, 1.807) is 0 Å². The van der Waals surface area contributed by atoms with Crippen molar-refractivity contribution in [3.8, 4) is 0 Å². The molecule has 0 spiro atoms. The second kappa shape index (κ2) is 20.1. The third-order valence-corrected chi connectivity index (χ3v) is 4.14. The van der Waals surface area contributed by atoms with Crippen molar-refractivity contribution in [2.24, 2.45) is 5.73 Å². The van der Waals surface area contributed by atoms with E-state index in [9.17, 15) is 9.59 Å². The molecule has 0 aliphatic carbocycles. The van der Waals surface area contributed by atoms with Crippen LogP contribution < -0.4 is 27.2 Å². The quantitative estimate of drug-likeness (QED) is 0.175. The number of rotatable bonds is 19. The predicted octanol–water partition coefficient (Wildman–Crippen LogP) is 1.58. The van der Waals surface area contributed by atoms with Gasteiger partial charge in [-0.1, -0.05) is 45.4 Å². The van der Waals surface area contributed by atoms with Gasteiger partial charge in [-0.2, -0.15) is 0 Å². The Morgan fingerprint density at radius 1 is 0.769 bits per heavy atom. The molecule has 0 rings (SSSR count). The van der Waals surface area contributed by atoms with Crippen LogP contribution in [0.5, 0.6) is 0 Å². The molecule has 0 radical (unpaired) electrons. The van der Waals surface area contributed by atoms with E-state index in [1.807, 2.05) is 0 Å². The van der Waals surface area contributed by atoms with Crippen molar-refractivity contribution in [3.63, 3.8) is 0 Å². The highest BCUT2D eigenvalue weighted by molar-refractivity contribution is 5.79. The van der Waals surface area contributed by atoms with Gasteiger partial charge in [-0.25, -0.2) is 5.43 Å². The largest absolute Gasteiger partial charge is 0.355 e. The minimum absolute atomic E-state index is 0.0481. The molecule has 0 aliphatic heterocycles. The minimum Gasteiger partial charge on any atom is -0.355 e. The first kappa shape index (κ1) is 24.8. The van der Waals surface area contributed by atoms with Gasteiger partial charge in [0, 0.05) is 13.0 Å². The van der Waals surface area contributed by atoms with Crippen molar-refractivity contribution < 1.29 is 9.59 Å². The number of unbranched alkanes of at least 4 members (excludes halogenated alkanes) is 7. The number of nitrogens with one attached hydrogen (secondary N) is 4. The summed E-state index contributed by atoms with van der Waals surface area (Å²) in [4.78, 5) is 23.3. The standard InChI is InChI=1S/C19H41N5O2/c1-2-3-4-5-6-7-8-12-18(25)24-23-17-19(26)22-16-11-15-21-14-10-9-13-20/h21,23H,2-17,20H2,1H3,(H,22,26)(H,24,25). The Hall–Kier alpha value is -1.18. The average Bonchev–Trinajstić information content (AvgIpc) is 2.63. The van der Waals surface area contributed by atoms with E-state index in [1.165, 1.54) is 32.1 Å². The molecule has 0 aromatic heterocycles. The normalized spacial score (nSPS) is 10.7. The third kappa shape index (κ3) is 19.1. The summed E-state index contributed by atoms with van der Waals surface area (Å²) in [6.45, 7) is 5.54. The summed E-state index contributed by atoms with van der Waals surface area (Å²) in [7, 11) is 0. The molecule has 0 fully saturated rings. The fourth-order valence-corrected chi connectivity index (χ4v) is 2.55. The Morgan fingerprint density at radius 3 is 2.19 bits per heavy atom. The summed E-state index contributed by atoms with van der Waals surface area (Å²) in [5, 5.41) is 6.13. The highest BCUT2D eigenvalue weighted by Gasteiger charge is 2.03. The predicted molar refractivity (Wildman–Crippen MR) is 108 cm³/mol. The molecule has 7 heteroatoms. The van der Waals surface area contributed by atoms with Crippen LogP contribution in [0.15, 0.2) is 0 Å². The first-order chi connectivity index (χ1) is 12.7. The topological polar surface area (TPSA) is 108 Å². The van der Waals surface area contributed by atoms with E-state index >= 15 is 0 Å². The molecule has 0 bridgehead atoms. The number of carbonyl (C=O) groups excluding carboxylic acids is 2. The zero-order valence-corrected chi connectivity index (χ0v) is 16.7. The van der Waals surface area contributed by atoms with Crippen LogP contribution in [0.25, 0.3) is 0 Å². The molecule has 2 amide bonds. The number of hydrogen-bond donors (Lipinski definition) is 5. The molecule has 0 heterocycles. The van der Waals surface area contributed by atoms with Crippen molar-refractivity contribution in [1.29, 1.82) is 0 Å². The van der Waals surface area contributed by atoms with E-state index in [0.29, 0.717) is 13.0 Å². The molecule has 6 N–H and O–H groups in total.